The average Bonchev–Trinajstić information content (AvgIpc) is 2.48. The molecule has 6 heteroatoms. The highest BCUT2D eigenvalue weighted by molar-refractivity contribution is 5.44. The Kier molecular flexibility index (Phi) is 5.74. The summed E-state index contributed by atoms with van der Waals surface area (Å²) in [6.07, 6.45) is 2.37. The fourth-order valence-corrected chi connectivity index (χ4v) is 2.85. The van der Waals surface area contributed by atoms with Crippen molar-refractivity contribution in [1.29, 1.82) is 0 Å². The minimum Gasteiger partial charge on any atom is -0.491 e. The standard InChI is InChI=1S/C16H25N3O3/c1-12(2)22-16-7-6-15(19(20)21)9-13(16)10-18-8-4-5-14(11-18)17-3/h6-7,9,12,14,17H,4-5,8,10-11H2,1-3H3. The lowest BCUT2D eigenvalue weighted by atomic mass is 10.0. The summed E-state index contributed by atoms with van der Waals surface area (Å²) < 4.78 is 5.81. The molecule has 1 aromatic carbocycles. The molecular weight excluding hydrogens is 282 g/mol. The molecule has 0 bridgehead atoms. The van der Waals surface area contributed by atoms with Crippen LogP contribution in [0, 0.1) is 10.1 Å². The number of rotatable bonds is 6. The van der Waals surface area contributed by atoms with Crippen LogP contribution in [0.1, 0.15) is 32.3 Å². The number of benzene rings is 1. The van der Waals surface area contributed by atoms with Crippen molar-refractivity contribution in [2.45, 2.75) is 45.4 Å². The number of hydrogen-bond acceptors (Lipinski definition) is 5. The number of piperidine rings is 1. The van der Waals surface area contributed by atoms with Crippen LogP contribution in [-0.4, -0.2) is 42.1 Å². The van der Waals surface area contributed by atoms with Gasteiger partial charge in [0.1, 0.15) is 5.75 Å². The predicted molar refractivity (Wildman–Crippen MR) is 86.2 cm³/mol. The molecule has 122 valence electrons. The van der Waals surface area contributed by atoms with E-state index in [1.54, 1.807) is 12.1 Å². The van der Waals surface area contributed by atoms with Crippen LogP contribution >= 0.6 is 0 Å². The summed E-state index contributed by atoms with van der Waals surface area (Å²) in [6.45, 7) is 6.58. The summed E-state index contributed by atoms with van der Waals surface area (Å²) in [4.78, 5) is 13.0. The van der Waals surface area contributed by atoms with Gasteiger partial charge < -0.3 is 10.1 Å². The second kappa shape index (κ2) is 7.56. The highest BCUT2D eigenvalue weighted by Crippen LogP contribution is 2.27. The Balaban J connectivity index is 2.18. The minimum atomic E-state index is -0.352. The molecule has 0 aromatic heterocycles. The van der Waals surface area contributed by atoms with Gasteiger partial charge in [-0.15, -0.1) is 0 Å². The van der Waals surface area contributed by atoms with Crippen molar-refractivity contribution in [2.75, 3.05) is 20.1 Å². The molecule has 1 heterocycles. The normalized spacial score (nSPS) is 19.4. The van der Waals surface area contributed by atoms with Crippen LogP contribution in [-0.2, 0) is 6.54 Å². The number of nitrogens with one attached hydrogen (secondary N) is 1. The molecule has 22 heavy (non-hydrogen) atoms. The largest absolute Gasteiger partial charge is 0.491 e. The molecule has 0 amide bonds. The number of ether oxygens (including phenoxy) is 1. The zero-order valence-electron chi connectivity index (χ0n) is 13.5. The summed E-state index contributed by atoms with van der Waals surface area (Å²) in [6, 6.07) is 5.35. The van der Waals surface area contributed by atoms with E-state index in [2.05, 4.69) is 10.2 Å². The number of likely N-dealkylation sites (N-methyl/N-ethyl adjacent to an activating group) is 1. The van der Waals surface area contributed by atoms with E-state index in [9.17, 15) is 10.1 Å². The molecule has 2 rings (SSSR count). The lowest BCUT2D eigenvalue weighted by Crippen LogP contribution is -2.43. The van der Waals surface area contributed by atoms with Crippen LogP contribution in [0.15, 0.2) is 18.2 Å². The average molecular weight is 307 g/mol. The topological polar surface area (TPSA) is 67.6 Å². The third kappa shape index (κ3) is 4.42. The fraction of sp³-hybridized carbons (Fsp3) is 0.625. The molecule has 6 nitrogen and oxygen atoms in total. The highest BCUT2D eigenvalue weighted by Gasteiger charge is 2.21. The smallest absolute Gasteiger partial charge is 0.270 e. The Bertz CT molecular complexity index is 519. The Labute approximate surface area is 131 Å². The molecule has 0 radical (unpaired) electrons. The summed E-state index contributed by atoms with van der Waals surface area (Å²) in [7, 11) is 1.98. The zero-order valence-corrected chi connectivity index (χ0v) is 13.5. The van der Waals surface area contributed by atoms with Crippen LogP contribution in [0.3, 0.4) is 0 Å². The van der Waals surface area contributed by atoms with Crippen molar-refractivity contribution < 1.29 is 9.66 Å². The highest BCUT2D eigenvalue weighted by atomic mass is 16.6. The van der Waals surface area contributed by atoms with E-state index in [1.165, 1.54) is 12.5 Å². The van der Waals surface area contributed by atoms with E-state index in [1.807, 2.05) is 20.9 Å². The summed E-state index contributed by atoms with van der Waals surface area (Å²) >= 11 is 0. The van der Waals surface area contributed by atoms with Crippen LogP contribution in [0.4, 0.5) is 5.69 Å². The van der Waals surface area contributed by atoms with Gasteiger partial charge in [0.15, 0.2) is 0 Å². The van der Waals surface area contributed by atoms with E-state index in [-0.39, 0.29) is 16.7 Å². The van der Waals surface area contributed by atoms with Crippen molar-refractivity contribution in [1.82, 2.24) is 10.2 Å². The lowest BCUT2D eigenvalue weighted by Gasteiger charge is -2.32. The number of nitro benzene ring substituents is 1. The van der Waals surface area contributed by atoms with Gasteiger partial charge in [-0.1, -0.05) is 0 Å². The Hall–Kier alpha value is -1.66. The SMILES string of the molecule is CNC1CCCN(Cc2cc([N+](=O)[O-])ccc2OC(C)C)C1. The molecule has 1 saturated heterocycles. The maximum absolute atomic E-state index is 11.0. The van der Waals surface area contributed by atoms with Gasteiger partial charge in [-0.3, -0.25) is 15.0 Å². The van der Waals surface area contributed by atoms with Gasteiger partial charge in [-0.25, -0.2) is 0 Å². The van der Waals surface area contributed by atoms with Gasteiger partial charge in [-0.05, 0) is 46.3 Å². The fourth-order valence-electron chi connectivity index (χ4n) is 2.85. The van der Waals surface area contributed by atoms with Gasteiger partial charge in [0, 0.05) is 36.8 Å². The van der Waals surface area contributed by atoms with Gasteiger partial charge in [-0.2, -0.15) is 0 Å². The molecule has 1 unspecified atom stereocenters. The molecule has 1 atom stereocenters. The third-order valence-corrected chi connectivity index (χ3v) is 3.93. The number of non-ortho nitro benzene ring substituents is 1. The van der Waals surface area contributed by atoms with Crippen LogP contribution in [0.2, 0.25) is 0 Å². The van der Waals surface area contributed by atoms with Crippen LogP contribution < -0.4 is 10.1 Å². The second-order valence-corrected chi connectivity index (χ2v) is 6.08. The van der Waals surface area contributed by atoms with Gasteiger partial charge in [0.2, 0.25) is 0 Å². The number of likely N-dealkylation sites (tertiary alicyclic amines) is 1. The molecule has 1 fully saturated rings. The molecule has 1 aromatic rings. The molecule has 0 aliphatic carbocycles. The summed E-state index contributed by atoms with van der Waals surface area (Å²) in [5.74, 6) is 0.743. The van der Waals surface area contributed by atoms with Crippen LogP contribution in [0.5, 0.6) is 5.75 Å². The van der Waals surface area contributed by atoms with E-state index < -0.39 is 0 Å². The quantitative estimate of drug-likeness (QED) is 0.646. The maximum Gasteiger partial charge on any atom is 0.270 e. The second-order valence-electron chi connectivity index (χ2n) is 6.08. The number of nitro groups is 1. The van der Waals surface area contributed by atoms with Gasteiger partial charge in [0.25, 0.3) is 5.69 Å². The zero-order chi connectivity index (χ0) is 16.1. The predicted octanol–water partition coefficient (Wildman–Crippen LogP) is 2.57. The molecular formula is C16H25N3O3. The van der Waals surface area contributed by atoms with Crippen molar-refractivity contribution >= 4 is 5.69 Å². The Morgan fingerprint density at radius 1 is 1.50 bits per heavy atom. The third-order valence-electron chi connectivity index (χ3n) is 3.93. The monoisotopic (exact) mass is 307 g/mol. The minimum absolute atomic E-state index is 0.0478. The van der Waals surface area contributed by atoms with Crippen LogP contribution in [0.25, 0.3) is 0 Å². The molecule has 1 N–H and O–H groups in total. The Morgan fingerprint density at radius 2 is 2.27 bits per heavy atom. The first-order chi connectivity index (χ1) is 10.5. The van der Waals surface area contributed by atoms with Crippen molar-refractivity contribution in [3.05, 3.63) is 33.9 Å². The number of hydrogen-bond donors (Lipinski definition) is 1. The maximum atomic E-state index is 11.0. The van der Waals surface area contributed by atoms with Crippen molar-refractivity contribution in [2.24, 2.45) is 0 Å². The Morgan fingerprint density at radius 3 is 2.91 bits per heavy atom. The van der Waals surface area contributed by atoms with Gasteiger partial charge >= 0.3 is 0 Å². The van der Waals surface area contributed by atoms with E-state index >= 15 is 0 Å². The summed E-state index contributed by atoms with van der Waals surface area (Å²) in [5, 5.41) is 14.3. The van der Waals surface area contributed by atoms with E-state index in [0.717, 1.165) is 30.8 Å². The first-order valence-corrected chi connectivity index (χ1v) is 7.83. The summed E-state index contributed by atoms with van der Waals surface area (Å²) in [5.41, 5.74) is 1.01. The first kappa shape index (κ1) is 16.7. The lowest BCUT2D eigenvalue weighted by molar-refractivity contribution is -0.385. The van der Waals surface area contributed by atoms with Gasteiger partial charge in [0.05, 0.1) is 11.0 Å². The van der Waals surface area contributed by atoms with Crippen molar-refractivity contribution in [3.8, 4) is 5.75 Å². The number of nitrogens with zero attached hydrogens (tertiary/aromatic N) is 2. The van der Waals surface area contributed by atoms with Crippen molar-refractivity contribution in [3.63, 3.8) is 0 Å². The molecule has 1 aliphatic heterocycles. The first-order valence-electron chi connectivity index (χ1n) is 7.83. The van der Waals surface area contributed by atoms with E-state index in [4.69, 9.17) is 4.74 Å². The molecule has 0 spiro atoms. The molecule has 0 saturated carbocycles. The molecule has 1 aliphatic rings. The van der Waals surface area contributed by atoms with E-state index in [0.29, 0.717) is 12.6 Å².